The fourth-order valence-corrected chi connectivity index (χ4v) is 6.02. The van der Waals surface area contributed by atoms with Crippen molar-refractivity contribution >= 4 is 0 Å². The van der Waals surface area contributed by atoms with Crippen LogP contribution in [-0.4, -0.2) is 15.0 Å². The molecule has 1 atom stereocenters. The van der Waals surface area contributed by atoms with Gasteiger partial charge in [-0.3, -0.25) is 0 Å². The molecule has 0 radical (unpaired) electrons. The highest BCUT2D eigenvalue weighted by molar-refractivity contribution is 5.89. The molecule has 0 N–H and O–H groups in total. The van der Waals surface area contributed by atoms with Crippen LogP contribution in [0.4, 0.5) is 0 Å². The number of benzene rings is 4. The van der Waals surface area contributed by atoms with Crippen LogP contribution in [-0.2, 0) is 5.41 Å². The van der Waals surface area contributed by atoms with Crippen molar-refractivity contribution < 1.29 is 0 Å². The summed E-state index contributed by atoms with van der Waals surface area (Å²) in [6.45, 7) is 6.63. The van der Waals surface area contributed by atoms with Gasteiger partial charge in [-0.05, 0) is 57.5 Å². The van der Waals surface area contributed by atoms with Gasteiger partial charge in [0.2, 0.25) is 0 Å². The molecular weight excluding hydrogens is 426 g/mol. The first-order valence-electron chi connectivity index (χ1n) is 12.2. The smallest absolute Gasteiger partial charge is 0.163 e. The van der Waals surface area contributed by atoms with Gasteiger partial charge in [0.1, 0.15) is 11.6 Å². The quantitative estimate of drug-likeness (QED) is 0.277. The van der Waals surface area contributed by atoms with Crippen LogP contribution in [0.5, 0.6) is 0 Å². The Bertz CT molecular complexity index is 1630. The number of hydrogen-bond donors (Lipinski definition) is 0. The molecular formula is C32H25N3. The fourth-order valence-electron chi connectivity index (χ4n) is 6.02. The first-order valence-corrected chi connectivity index (χ1v) is 12.2. The molecule has 0 amide bonds. The molecule has 3 nitrogen and oxygen atoms in total. The Hall–Kier alpha value is -4.11. The van der Waals surface area contributed by atoms with Gasteiger partial charge in [-0.1, -0.05) is 98.8 Å². The predicted molar refractivity (Wildman–Crippen MR) is 140 cm³/mol. The minimum Gasteiger partial charge on any atom is -0.217 e. The van der Waals surface area contributed by atoms with Gasteiger partial charge in [0.05, 0.1) is 5.92 Å². The Kier molecular flexibility index (Phi) is 4.17. The van der Waals surface area contributed by atoms with E-state index in [1.54, 1.807) is 0 Å². The van der Waals surface area contributed by atoms with Crippen LogP contribution >= 0.6 is 0 Å². The van der Waals surface area contributed by atoms with Crippen molar-refractivity contribution in [2.45, 2.75) is 32.1 Å². The second kappa shape index (κ2) is 7.19. The lowest BCUT2D eigenvalue weighted by Crippen LogP contribution is -2.16. The average molecular weight is 452 g/mol. The van der Waals surface area contributed by atoms with E-state index in [1.807, 2.05) is 25.1 Å². The number of nitrogens with zero attached hydrogens (tertiary/aromatic N) is 3. The Balaban J connectivity index is 1.48. The molecule has 0 bridgehead atoms. The molecule has 0 aliphatic heterocycles. The summed E-state index contributed by atoms with van der Waals surface area (Å²) in [4.78, 5) is 14.6. The van der Waals surface area contributed by atoms with E-state index in [4.69, 9.17) is 9.97 Å². The molecule has 4 aromatic carbocycles. The Morgan fingerprint density at radius 2 is 1.31 bits per heavy atom. The zero-order valence-corrected chi connectivity index (χ0v) is 20.1. The van der Waals surface area contributed by atoms with Crippen LogP contribution in [0.1, 0.15) is 53.7 Å². The van der Waals surface area contributed by atoms with Crippen LogP contribution in [0.2, 0.25) is 0 Å². The zero-order valence-electron chi connectivity index (χ0n) is 20.1. The molecule has 168 valence electrons. The number of fused-ring (bicyclic) bond motifs is 6. The molecule has 2 aliphatic rings. The van der Waals surface area contributed by atoms with Gasteiger partial charge in [0.15, 0.2) is 5.82 Å². The van der Waals surface area contributed by atoms with Crippen molar-refractivity contribution in [1.82, 2.24) is 15.0 Å². The van der Waals surface area contributed by atoms with Crippen molar-refractivity contribution in [2.24, 2.45) is 0 Å². The third-order valence-electron chi connectivity index (χ3n) is 7.68. The second-order valence-electron chi connectivity index (χ2n) is 10.1. The fraction of sp³-hybridized carbons (Fsp3) is 0.156. The van der Waals surface area contributed by atoms with E-state index >= 15 is 0 Å². The SMILES string of the molecule is Cc1nc(-c2ccccc2)nc(C2c3ccccc3-c3cc4c(cc32)C(C)(C)c2ccccc2-4)n1. The largest absolute Gasteiger partial charge is 0.217 e. The zero-order chi connectivity index (χ0) is 23.7. The van der Waals surface area contributed by atoms with Gasteiger partial charge in [-0.15, -0.1) is 0 Å². The van der Waals surface area contributed by atoms with Crippen LogP contribution < -0.4 is 0 Å². The summed E-state index contributed by atoms with van der Waals surface area (Å²) in [5, 5.41) is 0. The van der Waals surface area contributed by atoms with Crippen LogP contribution in [0, 0.1) is 6.92 Å². The summed E-state index contributed by atoms with van der Waals surface area (Å²) in [5.74, 6) is 2.27. The average Bonchev–Trinajstić information content (AvgIpc) is 3.32. The molecule has 2 aliphatic carbocycles. The summed E-state index contributed by atoms with van der Waals surface area (Å²) < 4.78 is 0. The summed E-state index contributed by atoms with van der Waals surface area (Å²) in [6, 6.07) is 32.6. The molecule has 7 rings (SSSR count). The third kappa shape index (κ3) is 2.88. The summed E-state index contributed by atoms with van der Waals surface area (Å²) in [5.41, 5.74) is 11.5. The molecule has 1 aromatic heterocycles. The van der Waals surface area contributed by atoms with Crippen LogP contribution in [0.15, 0.2) is 91.0 Å². The summed E-state index contributed by atoms with van der Waals surface area (Å²) in [7, 11) is 0. The van der Waals surface area contributed by atoms with Crippen molar-refractivity contribution in [3.05, 3.63) is 125 Å². The van der Waals surface area contributed by atoms with Gasteiger partial charge in [0, 0.05) is 11.0 Å². The number of aryl methyl sites for hydroxylation is 1. The highest BCUT2D eigenvalue weighted by atomic mass is 15.0. The standard InChI is InChI=1S/C32H25N3/c1-19-33-30(20-11-5-4-6-12-20)35-31(34-19)29-23-15-8-7-13-21(23)24-17-25-22-14-9-10-16-27(22)32(2,3)28(25)18-26(24)29/h4-18,29H,1-3H3. The molecule has 5 aromatic rings. The normalized spacial score (nSPS) is 16.4. The first kappa shape index (κ1) is 20.3. The molecule has 0 saturated carbocycles. The van der Waals surface area contributed by atoms with Crippen LogP contribution in [0.25, 0.3) is 33.6 Å². The summed E-state index contributed by atoms with van der Waals surface area (Å²) in [6.07, 6.45) is 0. The van der Waals surface area contributed by atoms with E-state index in [2.05, 4.69) is 91.6 Å². The van der Waals surface area contributed by atoms with E-state index in [0.29, 0.717) is 0 Å². The van der Waals surface area contributed by atoms with Gasteiger partial charge in [-0.2, -0.15) is 0 Å². The van der Waals surface area contributed by atoms with Gasteiger partial charge in [0.25, 0.3) is 0 Å². The highest BCUT2D eigenvalue weighted by Gasteiger charge is 2.40. The maximum atomic E-state index is 5.03. The summed E-state index contributed by atoms with van der Waals surface area (Å²) >= 11 is 0. The molecule has 0 fully saturated rings. The van der Waals surface area contributed by atoms with Crippen LogP contribution in [0.3, 0.4) is 0 Å². The van der Waals surface area contributed by atoms with E-state index < -0.39 is 0 Å². The van der Waals surface area contributed by atoms with Crippen molar-refractivity contribution in [1.29, 1.82) is 0 Å². The lowest BCUT2D eigenvalue weighted by atomic mass is 9.81. The van der Waals surface area contributed by atoms with E-state index in [-0.39, 0.29) is 11.3 Å². The Morgan fingerprint density at radius 1 is 0.600 bits per heavy atom. The maximum Gasteiger partial charge on any atom is 0.163 e. The Labute approximate surface area is 205 Å². The number of aromatic nitrogens is 3. The molecule has 0 spiro atoms. The van der Waals surface area contributed by atoms with Crippen molar-refractivity contribution in [2.75, 3.05) is 0 Å². The van der Waals surface area contributed by atoms with Crippen molar-refractivity contribution in [3.8, 4) is 33.6 Å². The minimum absolute atomic E-state index is 0.0184. The minimum atomic E-state index is -0.0511. The van der Waals surface area contributed by atoms with E-state index in [9.17, 15) is 0 Å². The van der Waals surface area contributed by atoms with Gasteiger partial charge < -0.3 is 0 Å². The van der Waals surface area contributed by atoms with E-state index in [1.165, 1.54) is 44.5 Å². The van der Waals surface area contributed by atoms with Gasteiger partial charge in [-0.25, -0.2) is 15.0 Å². The topological polar surface area (TPSA) is 38.7 Å². The molecule has 1 unspecified atom stereocenters. The first-order chi connectivity index (χ1) is 17.0. The maximum absolute atomic E-state index is 5.03. The predicted octanol–water partition coefficient (Wildman–Crippen LogP) is 7.31. The van der Waals surface area contributed by atoms with Crippen molar-refractivity contribution in [3.63, 3.8) is 0 Å². The monoisotopic (exact) mass is 451 g/mol. The molecule has 3 heteroatoms. The second-order valence-corrected chi connectivity index (χ2v) is 10.1. The highest BCUT2D eigenvalue weighted by Crippen LogP contribution is 2.55. The molecule has 0 saturated heterocycles. The lowest BCUT2D eigenvalue weighted by Gasteiger charge is -2.23. The number of rotatable bonds is 2. The Morgan fingerprint density at radius 3 is 2.14 bits per heavy atom. The molecule has 1 heterocycles. The number of hydrogen-bond acceptors (Lipinski definition) is 3. The van der Waals surface area contributed by atoms with E-state index in [0.717, 1.165) is 23.0 Å². The lowest BCUT2D eigenvalue weighted by molar-refractivity contribution is 0.658. The molecule has 35 heavy (non-hydrogen) atoms. The third-order valence-corrected chi connectivity index (χ3v) is 7.68. The van der Waals surface area contributed by atoms with Gasteiger partial charge >= 0.3 is 0 Å².